The van der Waals surface area contributed by atoms with E-state index in [0.29, 0.717) is 40.7 Å². The third-order valence-electron chi connectivity index (χ3n) is 10.9. The van der Waals surface area contributed by atoms with Gasteiger partial charge in [-0.2, -0.15) is 0 Å². The minimum absolute atomic E-state index is 0.0317. The lowest BCUT2D eigenvalue weighted by molar-refractivity contribution is -0.238. The Balaban J connectivity index is 1.43. The molecule has 6 rings (SSSR count). The van der Waals surface area contributed by atoms with Gasteiger partial charge in [0.05, 0.1) is 51.0 Å². The van der Waals surface area contributed by atoms with Gasteiger partial charge in [0, 0.05) is 24.0 Å². The summed E-state index contributed by atoms with van der Waals surface area (Å²) in [6, 6.07) is 6.67. The smallest absolute Gasteiger partial charge is 0.310 e. The minimum atomic E-state index is -1.35. The molecule has 13 nitrogen and oxygen atoms in total. The Morgan fingerprint density at radius 1 is 0.961 bits per heavy atom. The van der Waals surface area contributed by atoms with Crippen molar-refractivity contribution in [2.75, 3.05) is 41.3 Å². The molecule has 51 heavy (non-hydrogen) atoms. The molecule has 1 N–H and O–H groups in total. The highest BCUT2D eigenvalue weighted by Gasteiger charge is 2.55. The number of nitrogens with zero attached hydrogens (tertiary/aromatic N) is 2. The molecule has 2 aromatic carbocycles. The number of hydrogen-bond acceptors (Lipinski definition) is 10. The standard InChI is InChI=1S/C38H48N3O10/c1-11-12-40(33(42)24-17-36(2,3)41(45)37(24,4)5)38(6,7)35(44)39-31-22-16-26-25(50-19-51-26)15-21(22)29(30-23(31)18-49-34(30)43)20-13-27(46-8)32(48-10)28(14-20)47-9/h13-17,23,29-31H,11-12,18-19H2,1-10H3,(H,39,44)/t23-,29+,30-,31+/m0/s1. The maximum Gasteiger partial charge on any atom is 0.310 e. The van der Waals surface area contributed by atoms with Crippen molar-refractivity contribution in [3.63, 3.8) is 0 Å². The van der Waals surface area contributed by atoms with Gasteiger partial charge in [0.25, 0.3) is 5.91 Å². The number of cyclic esters (lactones) is 1. The van der Waals surface area contributed by atoms with Crippen LogP contribution in [0.5, 0.6) is 28.7 Å². The molecule has 0 aromatic heterocycles. The van der Waals surface area contributed by atoms with Crippen molar-refractivity contribution in [3.05, 3.63) is 52.6 Å². The summed E-state index contributed by atoms with van der Waals surface area (Å²) in [5.41, 5.74) is -0.794. The molecule has 1 saturated heterocycles. The highest BCUT2D eigenvalue weighted by atomic mass is 16.7. The van der Waals surface area contributed by atoms with Crippen LogP contribution < -0.4 is 29.0 Å². The van der Waals surface area contributed by atoms with Crippen molar-refractivity contribution in [3.8, 4) is 28.7 Å². The molecular formula is C38H48N3O10. The van der Waals surface area contributed by atoms with Crippen LogP contribution in [-0.2, 0) is 24.3 Å². The van der Waals surface area contributed by atoms with Crippen LogP contribution in [0.25, 0.3) is 0 Å². The van der Waals surface area contributed by atoms with Crippen molar-refractivity contribution in [2.45, 2.75) is 83.5 Å². The third kappa shape index (κ3) is 5.74. The fourth-order valence-electron chi connectivity index (χ4n) is 8.21. The topological polar surface area (TPSA) is 145 Å². The van der Waals surface area contributed by atoms with E-state index < -0.39 is 52.3 Å². The van der Waals surface area contributed by atoms with Crippen LogP contribution in [0.3, 0.4) is 0 Å². The number of nitrogens with one attached hydrogen (secondary N) is 1. The molecule has 2 amide bonds. The Bertz CT molecular complexity index is 1760. The van der Waals surface area contributed by atoms with Crippen LogP contribution in [0.15, 0.2) is 35.9 Å². The van der Waals surface area contributed by atoms with Crippen molar-refractivity contribution < 1.29 is 48.0 Å². The number of carbonyl (C=O) groups is 3. The number of carbonyl (C=O) groups excluding carboxylic acids is 3. The van der Waals surface area contributed by atoms with E-state index in [1.165, 1.54) is 21.3 Å². The molecule has 13 heteroatoms. The average Bonchev–Trinajstić information content (AvgIpc) is 3.76. The first-order chi connectivity index (χ1) is 24.0. The highest BCUT2D eigenvalue weighted by molar-refractivity contribution is 6.00. The summed E-state index contributed by atoms with van der Waals surface area (Å²) in [6.07, 6.45) is 2.29. The monoisotopic (exact) mass is 706 g/mol. The van der Waals surface area contributed by atoms with Crippen LogP contribution in [0, 0.1) is 11.8 Å². The molecule has 4 atom stereocenters. The van der Waals surface area contributed by atoms with Gasteiger partial charge >= 0.3 is 5.97 Å². The summed E-state index contributed by atoms with van der Waals surface area (Å²) in [5.74, 6) is -0.589. The molecule has 0 saturated carbocycles. The van der Waals surface area contributed by atoms with Crippen LogP contribution in [0.2, 0.25) is 0 Å². The molecule has 1 aliphatic carbocycles. The van der Waals surface area contributed by atoms with E-state index in [1.54, 1.807) is 52.5 Å². The maximum atomic E-state index is 14.6. The third-order valence-corrected chi connectivity index (χ3v) is 10.9. The van der Waals surface area contributed by atoms with E-state index in [2.05, 4.69) is 5.32 Å². The second-order valence-electron chi connectivity index (χ2n) is 15.1. The van der Waals surface area contributed by atoms with E-state index in [9.17, 15) is 19.6 Å². The van der Waals surface area contributed by atoms with Crippen LogP contribution >= 0.6 is 0 Å². The van der Waals surface area contributed by atoms with E-state index in [-0.39, 0.29) is 25.9 Å². The van der Waals surface area contributed by atoms with Crippen LogP contribution in [0.1, 0.15) is 83.5 Å². The second kappa shape index (κ2) is 12.9. The first-order valence-corrected chi connectivity index (χ1v) is 17.3. The summed E-state index contributed by atoms with van der Waals surface area (Å²) in [5, 5.41) is 17.4. The number of benzene rings is 2. The molecule has 0 unspecified atom stereocenters. The SMILES string of the molecule is CCCN(C(=O)C1=CC(C)(C)N([O])C1(C)C)C(C)(C)C(=O)N[C@@H]1c2cc3c(cc2[C@@H](c2cc(OC)c(OC)c(OC)c2)[C@H]2C(=O)OC[C@@H]21)OCO3. The van der Waals surface area contributed by atoms with Gasteiger partial charge in [-0.3, -0.25) is 14.4 Å². The molecule has 3 aliphatic heterocycles. The van der Waals surface area contributed by atoms with E-state index in [0.717, 1.165) is 21.8 Å². The molecule has 1 fully saturated rings. The predicted molar refractivity (Wildman–Crippen MR) is 184 cm³/mol. The van der Waals surface area contributed by atoms with Gasteiger partial charge in [-0.25, -0.2) is 0 Å². The number of ether oxygens (including phenoxy) is 6. The lowest BCUT2D eigenvalue weighted by Gasteiger charge is -2.43. The molecule has 1 radical (unpaired) electrons. The number of hydroxylamine groups is 2. The van der Waals surface area contributed by atoms with E-state index >= 15 is 0 Å². The normalized spacial score (nSPS) is 24.2. The molecule has 3 heterocycles. The summed E-state index contributed by atoms with van der Waals surface area (Å²) in [7, 11) is 4.58. The molecule has 0 bridgehead atoms. The van der Waals surface area contributed by atoms with Gasteiger partial charge < -0.3 is 38.6 Å². The number of rotatable bonds is 10. The number of esters is 1. The van der Waals surface area contributed by atoms with Gasteiger partial charge in [0.2, 0.25) is 18.4 Å². The molecule has 0 spiro atoms. The van der Waals surface area contributed by atoms with E-state index in [1.807, 2.05) is 31.2 Å². The molecule has 275 valence electrons. The lowest BCUT2D eigenvalue weighted by Crippen LogP contribution is -2.60. The number of amides is 2. The Morgan fingerprint density at radius 3 is 2.10 bits per heavy atom. The summed E-state index contributed by atoms with van der Waals surface area (Å²) >= 11 is 0. The van der Waals surface area contributed by atoms with Gasteiger partial charge in [-0.15, -0.1) is 10.3 Å². The van der Waals surface area contributed by atoms with Gasteiger partial charge in [0.1, 0.15) is 5.54 Å². The van der Waals surface area contributed by atoms with Crippen molar-refractivity contribution in [1.29, 1.82) is 0 Å². The zero-order valence-corrected chi connectivity index (χ0v) is 31.0. The van der Waals surface area contributed by atoms with E-state index in [4.69, 9.17) is 28.4 Å². The molecule has 4 aliphatic rings. The van der Waals surface area contributed by atoms with Crippen molar-refractivity contribution >= 4 is 17.8 Å². The summed E-state index contributed by atoms with van der Waals surface area (Å²) in [4.78, 5) is 44.2. The van der Waals surface area contributed by atoms with Crippen molar-refractivity contribution in [1.82, 2.24) is 15.3 Å². The first kappa shape index (κ1) is 36.3. The Morgan fingerprint density at radius 2 is 1.57 bits per heavy atom. The number of hydrogen-bond donors (Lipinski definition) is 1. The quantitative estimate of drug-likeness (QED) is 0.346. The van der Waals surface area contributed by atoms with Crippen LogP contribution in [0.4, 0.5) is 0 Å². The molecule has 2 aromatic rings. The van der Waals surface area contributed by atoms with Gasteiger partial charge in [-0.05, 0) is 88.9 Å². The predicted octanol–water partition coefficient (Wildman–Crippen LogP) is 4.70. The second-order valence-corrected chi connectivity index (χ2v) is 15.1. The fraction of sp³-hybridized carbons (Fsp3) is 0.553. The van der Waals surface area contributed by atoms with Crippen molar-refractivity contribution in [2.24, 2.45) is 11.8 Å². The zero-order chi connectivity index (χ0) is 37.2. The first-order valence-electron chi connectivity index (χ1n) is 17.3. The Labute approximate surface area is 298 Å². The zero-order valence-electron chi connectivity index (χ0n) is 31.0. The summed E-state index contributed by atoms with van der Waals surface area (Å²) in [6.45, 7) is 12.7. The van der Waals surface area contributed by atoms with Crippen LogP contribution in [-0.4, -0.2) is 85.6 Å². The summed E-state index contributed by atoms with van der Waals surface area (Å²) < 4.78 is 34.2. The number of fused-ring (bicyclic) bond motifs is 3. The largest absolute Gasteiger partial charge is 0.493 e. The lowest BCUT2D eigenvalue weighted by atomic mass is 9.65. The minimum Gasteiger partial charge on any atom is -0.493 e. The Hall–Kier alpha value is -4.49. The molecular weight excluding hydrogens is 658 g/mol. The number of methoxy groups -OCH3 is 3. The average molecular weight is 707 g/mol. The maximum absolute atomic E-state index is 14.6. The van der Waals surface area contributed by atoms with Gasteiger partial charge in [-0.1, -0.05) is 13.0 Å². The van der Waals surface area contributed by atoms with Gasteiger partial charge in [0.15, 0.2) is 23.0 Å². The highest BCUT2D eigenvalue weighted by Crippen LogP contribution is 2.56. The fourth-order valence-corrected chi connectivity index (χ4v) is 8.21. The Kier molecular flexibility index (Phi) is 9.20.